The van der Waals surface area contributed by atoms with E-state index < -0.39 is 0 Å². The molecule has 0 saturated heterocycles. The van der Waals surface area contributed by atoms with E-state index in [1.807, 2.05) is 24.3 Å². The van der Waals surface area contributed by atoms with E-state index in [1.54, 1.807) is 38.5 Å². The molecule has 2 aromatic heterocycles. The zero-order valence-corrected chi connectivity index (χ0v) is 20.5. The molecule has 0 bridgehead atoms. The van der Waals surface area contributed by atoms with Gasteiger partial charge in [0.1, 0.15) is 11.5 Å². The number of anilines is 1. The van der Waals surface area contributed by atoms with Crippen molar-refractivity contribution in [3.05, 3.63) is 60.0 Å². The van der Waals surface area contributed by atoms with Crippen LogP contribution >= 0.6 is 23.1 Å². The van der Waals surface area contributed by atoms with E-state index in [9.17, 15) is 9.59 Å². The fourth-order valence-corrected chi connectivity index (χ4v) is 4.58. The lowest BCUT2D eigenvalue weighted by Crippen LogP contribution is -2.12. The van der Waals surface area contributed by atoms with Crippen LogP contribution in [0.1, 0.15) is 22.7 Å². The monoisotopic (exact) mass is 511 g/mol. The second-order valence-electron chi connectivity index (χ2n) is 7.10. The molecule has 4 rings (SSSR count). The van der Waals surface area contributed by atoms with Gasteiger partial charge in [-0.05, 0) is 48.5 Å². The molecule has 12 heteroatoms. The number of nitrogens with zero attached hydrogens (tertiary/aromatic N) is 4. The molecule has 0 aliphatic rings. The van der Waals surface area contributed by atoms with Crippen LogP contribution in [0.5, 0.6) is 11.5 Å². The van der Waals surface area contributed by atoms with Crippen molar-refractivity contribution in [1.29, 1.82) is 0 Å². The predicted molar refractivity (Wildman–Crippen MR) is 131 cm³/mol. The maximum Gasteiger partial charge on any atom is 0.227 e. The number of benzene rings is 2. The van der Waals surface area contributed by atoms with E-state index in [4.69, 9.17) is 14.0 Å². The van der Waals surface area contributed by atoms with Crippen LogP contribution in [0, 0.1) is 0 Å². The highest BCUT2D eigenvalue weighted by Gasteiger charge is 2.14. The quantitative estimate of drug-likeness (QED) is 0.178. The van der Waals surface area contributed by atoms with Crippen LogP contribution in [0.15, 0.2) is 57.4 Å². The average molecular weight is 512 g/mol. The number of methoxy groups -OCH3 is 2. The molecule has 4 aromatic rings. The first kappa shape index (κ1) is 24.4. The van der Waals surface area contributed by atoms with Crippen LogP contribution in [0.25, 0.3) is 11.4 Å². The summed E-state index contributed by atoms with van der Waals surface area (Å²) in [6.45, 7) is 0. The second kappa shape index (κ2) is 11.6. The van der Waals surface area contributed by atoms with Crippen LogP contribution in [-0.2, 0) is 11.2 Å². The molecule has 2 aromatic carbocycles. The van der Waals surface area contributed by atoms with Crippen LogP contribution in [0.4, 0.5) is 5.13 Å². The number of Topliss-reactive ketones (excluding diaryl/α,β-unsaturated/α-hetero) is 1. The van der Waals surface area contributed by atoms with Gasteiger partial charge in [-0.15, -0.1) is 10.2 Å². The number of carbonyl (C=O) groups excluding carboxylic acids is 2. The minimum Gasteiger partial charge on any atom is -0.497 e. The smallest absolute Gasteiger partial charge is 0.227 e. The van der Waals surface area contributed by atoms with E-state index >= 15 is 0 Å². The Morgan fingerprint density at radius 3 is 2.37 bits per heavy atom. The number of hydrogen-bond donors (Lipinski definition) is 1. The van der Waals surface area contributed by atoms with Crippen molar-refractivity contribution in [2.45, 2.75) is 17.2 Å². The third-order valence-electron chi connectivity index (χ3n) is 4.77. The predicted octanol–water partition coefficient (Wildman–Crippen LogP) is 4.15. The Bertz CT molecular complexity index is 1290. The van der Waals surface area contributed by atoms with Crippen molar-refractivity contribution >= 4 is 39.9 Å². The number of ketones is 1. The van der Waals surface area contributed by atoms with Crippen LogP contribution in [0.3, 0.4) is 0 Å². The van der Waals surface area contributed by atoms with Gasteiger partial charge in [0, 0.05) is 24.0 Å². The average Bonchev–Trinajstić information content (AvgIpc) is 3.56. The number of ether oxygens (including phenoxy) is 2. The van der Waals surface area contributed by atoms with Gasteiger partial charge in [-0.1, -0.05) is 28.3 Å². The summed E-state index contributed by atoms with van der Waals surface area (Å²) in [6.07, 6.45) is 0.425. The molecule has 0 spiro atoms. The summed E-state index contributed by atoms with van der Waals surface area (Å²) in [5.41, 5.74) is 1.38. The van der Waals surface area contributed by atoms with Crippen molar-refractivity contribution < 1.29 is 23.6 Å². The number of carbonyl (C=O) groups is 2. The normalized spacial score (nSPS) is 10.7. The molecule has 1 amide bonds. The fourth-order valence-electron chi connectivity index (χ4n) is 2.92. The van der Waals surface area contributed by atoms with Crippen molar-refractivity contribution in [3.8, 4) is 22.9 Å². The summed E-state index contributed by atoms with van der Waals surface area (Å²) in [5.74, 6) is 2.15. The van der Waals surface area contributed by atoms with Crippen LogP contribution in [0.2, 0.25) is 0 Å². The number of thioether (sulfide) groups is 1. The summed E-state index contributed by atoms with van der Waals surface area (Å²) >= 11 is 2.47. The zero-order chi connectivity index (χ0) is 24.6. The lowest BCUT2D eigenvalue weighted by molar-refractivity contribution is -0.116. The number of amides is 1. The largest absolute Gasteiger partial charge is 0.497 e. The Morgan fingerprint density at radius 1 is 1.00 bits per heavy atom. The molecule has 35 heavy (non-hydrogen) atoms. The molecular weight excluding hydrogens is 490 g/mol. The SMILES string of the molecule is COc1ccc(C(=O)CSc2nnc(NC(=O)CCc3nc(-c4ccc(OC)cc4)no3)s2)cc1. The van der Waals surface area contributed by atoms with Gasteiger partial charge in [-0.2, -0.15) is 4.98 Å². The Kier molecular flexibility index (Phi) is 8.06. The molecule has 0 saturated carbocycles. The summed E-state index contributed by atoms with van der Waals surface area (Å²) in [4.78, 5) is 29.0. The summed E-state index contributed by atoms with van der Waals surface area (Å²) in [7, 11) is 3.17. The summed E-state index contributed by atoms with van der Waals surface area (Å²) in [6, 6.07) is 14.2. The van der Waals surface area contributed by atoms with Gasteiger partial charge >= 0.3 is 0 Å². The first-order valence-corrected chi connectivity index (χ1v) is 12.2. The van der Waals surface area contributed by atoms with Gasteiger partial charge in [0.25, 0.3) is 0 Å². The van der Waals surface area contributed by atoms with Crippen LogP contribution in [-0.4, -0.2) is 52.0 Å². The van der Waals surface area contributed by atoms with Gasteiger partial charge in [0.2, 0.25) is 22.8 Å². The Morgan fingerprint density at radius 2 is 1.69 bits per heavy atom. The highest BCUT2D eigenvalue weighted by atomic mass is 32.2. The van der Waals surface area contributed by atoms with Crippen molar-refractivity contribution in [2.24, 2.45) is 0 Å². The molecule has 0 aliphatic carbocycles. The third kappa shape index (κ3) is 6.64. The Hall–Kier alpha value is -3.77. The van der Waals surface area contributed by atoms with Gasteiger partial charge in [0.15, 0.2) is 10.1 Å². The summed E-state index contributed by atoms with van der Waals surface area (Å²) in [5, 5.41) is 15.0. The first-order chi connectivity index (χ1) is 17.0. The molecule has 2 heterocycles. The maximum absolute atomic E-state index is 12.3. The Labute approximate surface area is 209 Å². The van der Waals surface area contributed by atoms with Crippen molar-refractivity contribution in [3.63, 3.8) is 0 Å². The van der Waals surface area contributed by atoms with E-state index in [-0.39, 0.29) is 30.3 Å². The first-order valence-electron chi connectivity index (χ1n) is 10.4. The molecule has 0 atom stereocenters. The molecule has 180 valence electrons. The zero-order valence-electron chi connectivity index (χ0n) is 18.9. The third-order valence-corrected chi connectivity index (χ3v) is 6.75. The molecule has 1 N–H and O–H groups in total. The molecule has 0 fully saturated rings. The van der Waals surface area contributed by atoms with Crippen LogP contribution < -0.4 is 14.8 Å². The molecule has 0 aliphatic heterocycles. The number of aryl methyl sites for hydroxylation is 1. The molecule has 0 unspecified atom stereocenters. The highest BCUT2D eigenvalue weighted by molar-refractivity contribution is 8.01. The number of nitrogens with one attached hydrogen (secondary N) is 1. The van der Waals surface area contributed by atoms with Gasteiger partial charge in [-0.25, -0.2) is 0 Å². The minimum absolute atomic E-state index is 0.0352. The molecule has 0 radical (unpaired) electrons. The fraction of sp³-hybridized carbons (Fsp3) is 0.217. The number of rotatable bonds is 11. The second-order valence-corrected chi connectivity index (χ2v) is 9.30. The van der Waals surface area contributed by atoms with Crippen molar-refractivity contribution in [2.75, 3.05) is 25.3 Å². The standard InChI is InChI=1S/C23H21N5O5S2/c1-31-16-7-3-14(4-8-16)18(29)13-34-23-27-26-22(35-23)24-19(30)11-12-20-25-21(28-33-20)15-5-9-17(32-2)10-6-15/h3-10H,11-13H2,1-2H3,(H,24,26,30). The minimum atomic E-state index is -0.254. The highest BCUT2D eigenvalue weighted by Crippen LogP contribution is 2.26. The lowest BCUT2D eigenvalue weighted by atomic mass is 10.1. The van der Waals surface area contributed by atoms with Gasteiger partial charge in [-0.3, -0.25) is 9.59 Å². The number of hydrogen-bond acceptors (Lipinski definition) is 11. The van der Waals surface area contributed by atoms with Gasteiger partial charge in [0.05, 0.1) is 20.0 Å². The van der Waals surface area contributed by atoms with E-state index in [2.05, 4.69) is 25.7 Å². The lowest BCUT2D eigenvalue weighted by Gasteiger charge is -2.01. The molecule has 10 nitrogen and oxygen atoms in total. The Balaban J connectivity index is 1.23. The number of aromatic nitrogens is 4. The topological polar surface area (TPSA) is 129 Å². The molecular formula is C23H21N5O5S2. The van der Waals surface area contributed by atoms with Gasteiger partial charge < -0.3 is 19.3 Å². The van der Waals surface area contributed by atoms with Crippen molar-refractivity contribution in [1.82, 2.24) is 20.3 Å². The van der Waals surface area contributed by atoms with E-state index in [0.29, 0.717) is 32.5 Å². The van der Waals surface area contributed by atoms with E-state index in [1.165, 1.54) is 23.1 Å². The summed E-state index contributed by atoms with van der Waals surface area (Å²) < 4.78 is 16.1. The maximum atomic E-state index is 12.3. The van der Waals surface area contributed by atoms with E-state index in [0.717, 1.165) is 11.3 Å².